The Morgan fingerprint density at radius 3 is 2.77 bits per heavy atom. The molecule has 0 aliphatic heterocycles. The molecule has 0 saturated heterocycles. The van der Waals surface area contributed by atoms with E-state index in [0.29, 0.717) is 6.42 Å². The van der Waals surface area contributed by atoms with Crippen molar-refractivity contribution in [3.05, 3.63) is 34.3 Å². The molecule has 72 valence electrons. The van der Waals surface area contributed by atoms with Gasteiger partial charge in [-0.3, -0.25) is 0 Å². The minimum atomic E-state index is -0.0963. The van der Waals surface area contributed by atoms with E-state index in [1.165, 1.54) is 0 Å². The quantitative estimate of drug-likeness (QED) is 0.783. The largest absolute Gasteiger partial charge is 0.396 e. The van der Waals surface area contributed by atoms with Crippen molar-refractivity contribution in [3.63, 3.8) is 0 Å². The average molecular weight is 200 g/mol. The molecule has 3 N–H and O–H groups in total. The number of aliphatic hydroxyl groups excluding tert-OH is 1. The van der Waals surface area contributed by atoms with E-state index in [0.717, 1.165) is 16.1 Å². The highest BCUT2D eigenvalue weighted by molar-refractivity contribution is 6.31. The van der Waals surface area contributed by atoms with Crippen LogP contribution in [0.1, 0.15) is 23.6 Å². The van der Waals surface area contributed by atoms with Crippen LogP contribution < -0.4 is 5.73 Å². The normalized spacial score (nSPS) is 12.9. The summed E-state index contributed by atoms with van der Waals surface area (Å²) in [5, 5.41) is 9.47. The van der Waals surface area contributed by atoms with Crippen molar-refractivity contribution >= 4 is 11.6 Å². The maximum Gasteiger partial charge on any atom is 0.0449 e. The summed E-state index contributed by atoms with van der Waals surface area (Å²) in [4.78, 5) is 0. The van der Waals surface area contributed by atoms with Crippen LogP contribution in [-0.4, -0.2) is 11.7 Å². The predicted octanol–water partition coefficient (Wildman–Crippen LogP) is 2.03. The highest BCUT2D eigenvalue weighted by Gasteiger charge is 2.05. The molecule has 0 aliphatic rings. The first kappa shape index (κ1) is 10.5. The molecule has 0 spiro atoms. The second kappa shape index (κ2) is 4.61. The van der Waals surface area contributed by atoms with Gasteiger partial charge in [-0.15, -0.1) is 0 Å². The molecule has 0 fully saturated rings. The fraction of sp³-hybridized carbons (Fsp3) is 0.400. The summed E-state index contributed by atoms with van der Waals surface area (Å²) in [6, 6.07) is 5.60. The van der Waals surface area contributed by atoms with Gasteiger partial charge in [0, 0.05) is 17.7 Å². The zero-order valence-electron chi connectivity index (χ0n) is 7.63. The molecule has 0 bridgehead atoms. The maximum atomic E-state index is 8.72. The van der Waals surface area contributed by atoms with E-state index in [-0.39, 0.29) is 12.6 Å². The van der Waals surface area contributed by atoms with Gasteiger partial charge in [0.25, 0.3) is 0 Å². The number of hydrogen-bond donors (Lipinski definition) is 2. The molecule has 1 rings (SSSR count). The van der Waals surface area contributed by atoms with Gasteiger partial charge >= 0.3 is 0 Å². The van der Waals surface area contributed by atoms with Gasteiger partial charge in [0.15, 0.2) is 0 Å². The summed E-state index contributed by atoms with van der Waals surface area (Å²) in [5.41, 5.74) is 7.87. The number of benzene rings is 1. The van der Waals surface area contributed by atoms with Crippen molar-refractivity contribution in [2.24, 2.45) is 5.73 Å². The van der Waals surface area contributed by atoms with Crippen molar-refractivity contribution in [1.29, 1.82) is 0 Å². The molecule has 1 aromatic carbocycles. The van der Waals surface area contributed by atoms with Crippen LogP contribution in [0.25, 0.3) is 0 Å². The number of halogens is 1. The van der Waals surface area contributed by atoms with Gasteiger partial charge in [0.05, 0.1) is 0 Å². The van der Waals surface area contributed by atoms with E-state index in [1.54, 1.807) is 0 Å². The summed E-state index contributed by atoms with van der Waals surface area (Å²) in [7, 11) is 0. The fourth-order valence-electron chi connectivity index (χ4n) is 1.20. The first-order valence-corrected chi connectivity index (χ1v) is 4.65. The molecule has 0 unspecified atom stereocenters. The van der Waals surface area contributed by atoms with Crippen LogP contribution in [0.2, 0.25) is 5.02 Å². The molecule has 0 saturated carbocycles. The molecule has 0 amide bonds. The van der Waals surface area contributed by atoms with Crippen molar-refractivity contribution in [1.82, 2.24) is 0 Å². The maximum absolute atomic E-state index is 8.72. The molecular formula is C10H14ClNO. The first-order valence-electron chi connectivity index (χ1n) is 4.27. The van der Waals surface area contributed by atoms with E-state index < -0.39 is 0 Å². The van der Waals surface area contributed by atoms with E-state index in [2.05, 4.69) is 0 Å². The van der Waals surface area contributed by atoms with Gasteiger partial charge in [-0.25, -0.2) is 0 Å². The summed E-state index contributed by atoms with van der Waals surface area (Å²) >= 11 is 5.87. The predicted molar refractivity (Wildman–Crippen MR) is 54.8 cm³/mol. The Kier molecular flexibility index (Phi) is 3.72. The summed E-state index contributed by atoms with van der Waals surface area (Å²) in [6.45, 7) is 2.06. The Bertz CT molecular complexity index is 288. The molecular weight excluding hydrogens is 186 g/mol. The Hall–Kier alpha value is -0.570. The lowest BCUT2D eigenvalue weighted by Crippen LogP contribution is -2.11. The summed E-state index contributed by atoms with van der Waals surface area (Å²) < 4.78 is 0. The zero-order valence-corrected chi connectivity index (χ0v) is 8.38. The zero-order chi connectivity index (χ0) is 9.84. The SMILES string of the molecule is Cc1cc([C@@H](N)CCO)ccc1Cl. The minimum Gasteiger partial charge on any atom is -0.396 e. The van der Waals surface area contributed by atoms with Crippen LogP contribution in [0.15, 0.2) is 18.2 Å². The fourth-order valence-corrected chi connectivity index (χ4v) is 1.32. The molecule has 0 aromatic heterocycles. The van der Waals surface area contributed by atoms with Gasteiger partial charge in [-0.1, -0.05) is 23.7 Å². The highest BCUT2D eigenvalue weighted by atomic mass is 35.5. The van der Waals surface area contributed by atoms with E-state index >= 15 is 0 Å². The third-order valence-electron chi connectivity index (χ3n) is 2.05. The van der Waals surface area contributed by atoms with Crippen molar-refractivity contribution in [3.8, 4) is 0 Å². The Labute approximate surface area is 83.3 Å². The third-order valence-corrected chi connectivity index (χ3v) is 2.47. The smallest absolute Gasteiger partial charge is 0.0449 e. The molecule has 1 atom stereocenters. The lowest BCUT2D eigenvalue weighted by molar-refractivity contribution is 0.276. The van der Waals surface area contributed by atoms with E-state index in [1.807, 2.05) is 25.1 Å². The Morgan fingerprint density at radius 1 is 1.54 bits per heavy atom. The summed E-state index contributed by atoms with van der Waals surface area (Å²) in [5.74, 6) is 0. The lowest BCUT2D eigenvalue weighted by Gasteiger charge is -2.11. The minimum absolute atomic E-state index is 0.0963. The first-order chi connectivity index (χ1) is 6.15. The van der Waals surface area contributed by atoms with Gasteiger partial charge in [0.1, 0.15) is 0 Å². The molecule has 2 nitrogen and oxygen atoms in total. The third kappa shape index (κ3) is 2.69. The van der Waals surface area contributed by atoms with Crippen LogP contribution in [0, 0.1) is 6.92 Å². The van der Waals surface area contributed by atoms with Gasteiger partial charge in [-0.2, -0.15) is 0 Å². The number of aryl methyl sites for hydroxylation is 1. The van der Waals surface area contributed by atoms with Crippen molar-refractivity contribution in [2.75, 3.05) is 6.61 Å². The van der Waals surface area contributed by atoms with Crippen LogP contribution in [0.4, 0.5) is 0 Å². The lowest BCUT2D eigenvalue weighted by atomic mass is 10.0. The Balaban J connectivity index is 2.84. The van der Waals surface area contributed by atoms with Gasteiger partial charge in [0.2, 0.25) is 0 Å². The molecule has 0 heterocycles. The number of aliphatic hydroxyl groups is 1. The van der Waals surface area contributed by atoms with Crippen LogP contribution in [-0.2, 0) is 0 Å². The van der Waals surface area contributed by atoms with E-state index in [4.69, 9.17) is 22.4 Å². The molecule has 0 radical (unpaired) electrons. The van der Waals surface area contributed by atoms with Crippen LogP contribution >= 0.6 is 11.6 Å². The number of hydrogen-bond acceptors (Lipinski definition) is 2. The average Bonchev–Trinajstić information content (AvgIpc) is 2.10. The number of nitrogens with two attached hydrogens (primary N) is 1. The topological polar surface area (TPSA) is 46.2 Å². The second-order valence-electron chi connectivity index (χ2n) is 3.13. The van der Waals surface area contributed by atoms with Crippen molar-refractivity contribution in [2.45, 2.75) is 19.4 Å². The number of rotatable bonds is 3. The Morgan fingerprint density at radius 2 is 2.23 bits per heavy atom. The second-order valence-corrected chi connectivity index (χ2v) is 3.53. The van der Waals surface area contributed by atoms with Gasteiger partial charge in [-0.05, 0) is 30.5 Å². The van der Waals surface area contributed by atoms with Gasteiger partial charge < -0.3 is 10.8 Å². The van der Waals surface area contributed by atoms with E-state index in [9.17, 15) is 0 Å². The monoisotopic (exact) mass is 199 g/mol. The van der Waals surface area contributed by atoms with Crippen LogP contribution in [0.3, 0.4) is 0 Å². The molecule has 1 aromatic rings. The summed E-state index contributed by atoms with van der Waals surface area (Å²) in [6.07, 6.45) is 0.584. The van der Waals surface area contributed by atoms with Crippen LogP contribution in [0.5, 0.6) is 0 Å². The molecule has 13 heavy (non-hydrogen) atoms. The standard InChI is InChI=1S/C10H14ClNO/c1-7-6-8(2-3-9(7)11)10(12)4-5-13/h2-3,6,10,13H,4-5,12H2,1H3/t10-/m0/s1. The highest BCUT2D eigenvalue weighted by Crippen LogP contribution is 2.20. The van der Waals surface area contributed by atoms with Crippen molar-refractivity contribution < 1.29 is 5.11 Å². The molecule has 0 aliphatic carbocycles. The molecule has 3 heteroatoms.